The van der Waals surface area contributed by atoms with E-state index in [2.05, 4.69) is 51.8 Å². The van der Waals surface area contributed by atoms with Crippen LogP contribution < -0.4 is 5.32 Å². The van der Waals surface area contributed by atoms with Gasteiger partial charge in [0, 0.05) is 17.5 Å². The topological polar surface area (TPSA) is 12.0 Å². The van der Waals surface area contributed by atoms with Crippen LogP contribution in [0, 0.1) is 17.8 Å². The van der Waals surface area contributed by atoms with Crippen LogP contribution in [0.15, 0.2) is 0 Å². The Morgan fingerprint density at radius 1 is 1.23 bits per heavy atom. The largest absolute Gasteiger partial charge is 0.310 e. The smallest absolute Gasteiger partial charge is 0.0189 e. The zero-order valence-electron chi connectivity index (χ0n) is 9.86. The summed E-state index contributed by atoms with van der Waals surface area (Å²) in [5, 5.41) is 3.54. The number of rotatable bonds is 3. The summed E-state index contributed by atoms with van der Waals surface area (Å²) >= 11 is 0. The predicted octanol–water partition coefficient (Wildman–Crippen LogP) is 2.81. The van der Waals surface area contributed by atoms with Crippen molar-refractivity contribution in [1.29, 1.82) is 0 Å². The molecular formula is C12H23N. The molecule has 1 nitrogen and oxygen atoms in total. The van der Waals surface area contributed by atoms with Gasteiger partial charge in [0.2, 0.25) is 0 Å². The Morgan fingerprint density at radius 2 is 1.77 bits per heavy atom. The average Bonchev–Trinajstić information content (AvgIpc) is 1.81. The lowest BCUT2D eigenvalue weighted by Crippen LogP contribution is -2.42. The lowest BCUT2D eigenvalue weighted by molar-refractivity contribution is 0.346. The summed E-state index contributed by atoms with van der Waals surface area (Å²) in [4.78, 5) is 0. The normalized spacial score (nSPS) is 15.8. The van der Waals surface area contributed by atoms with Crippen LogP contribution in [-0.4, -0.2) is 11.6 Å². The van der Waals surface area contributed by atoms with E-state index in [9.17, 15) is 0 Å². The quantitative estimate of drug-likeness (QED) is 0.660. The molecule has 0 heterocycles. The van der Waals surface area contributed by atoms with Crippen LogP contribution in [0.4, 0.5) is 0 Å². The molecule has 0 radical (unpaired) electrons. The summed E-state index contributed by atoms with van der Waals surface area (Å²) in [6.07, 6.45) is 1.12. The average molecular weight is 181 g/mol. The van der Waals surface area contributed by atoms with Crippen LogP contribution in [0.25, 0.3) is 0 Å². The highest BCUT2D eigenvalue weighted by molar-refractivity contribution is 5.00. The lowest BCUT2D eigenvalue weighted by Gasteiger charge is -2.26. The summed E-state index contributed by atoms with van der Waals surface area (Å²) < 4.78 is 0. The van der Waals surface area contributed by atoms with Crippen molar-refractivity contribution in [2.24, 2.45) is 5.92 Å². The van der Waals surface area contributed by atoms with Crippen molar-refractivity contribution in [2.45, 2.75) is 59.5 Å². The first kappa shape index (κ1) is 12.5. The van der Waals surface area contributed by atoms with Gasteiger partial charge in [-0.2, -0.15) is 0 Å². The third-order valence-corrected chi connectivity index (χ3v) is 1.78. The zero-order valence-corrected chi connectivity index (χ0v) is 9.86. The molecule has 76 valence electrons. The van der Waals surface area contributed by atoms with Gasteiger partial charge >= 0.3 is 0 Å². The summed E-state index contributed by atoms with van der Waals surface area (Å²) in [6.45, 7) is 12.9. The highest BCUT2D eigenvalue weighted by Crippen LogP contribution is 2.08. The van der Waals surface area contributed by atoms with E-state index >= 15 is 0 Å². The number of nitrogens with one attached hydrogen (secondary N) is 1. The summed E-state index contributed by atoms with van der Waals surface area (Å²) in [5.74, 6) is 6.63. The Hall–Kier alpha value is -0.480. The molecule has 0 aromatic heterocycles. The Balaban J connectivity index is 3.85. The highest BCUT2D eigenvalue weighted by atomic mass is 15.0. The second kappa shape index (κ2) is 5.29. The Kier molecular flexibility index (Phi) is 5.10. The molecular weight excluding hydrogens is 158 g/mol. The van der Waals surface area contributed by atoms with E-state index in [1.807, 2.05) is 6.92 Å². The van der Waals surface area contributed by atoms with Gasteiger partial charge in [0.1, 0.15) is 0 Å². The molecule has 0 bridgehead atoms. The number of hydrogen-bond acceptors (Lipinski definition) is 1. The third-order valence-electron chi connectivity index (χ3n) is 1.78. The molecule has 0 aliphatic carbocycles. The van der Waals surface area contributed by atoms with Crippen molar-refractivity contribution in [1.82, 2.24) is 5.32 Å². The molecule has 2 unspecified atom stereocenters. The Bertz CT molecular complexity index is 189. The van der Waals surface area contributed by atoms with Gasteiger partial charge in [-0.3, -0.25) is 0 Å². The fraction of sp³-hybridized carbons (Fsp3) is 0.833. The van der Waals surface area contributed by atoms with Gasteiger partial charge in [-0.05, 0) is 41.0 Å². The van der Waals surface area contributed by atoms with Crippen LogP contribution in [-0.2, 0) is 0 Å². The molecule has 0 aliphatic rings. The van der Waals surface area contributed by atoms with Gasteiger partial charge in [-0.25, -0.2) is 0 Å². The molecule has 0 fully saturated rings. The molecule has 1 N–H and O–H groups in total. The second-order valence-corrected chi connectivity index (χ2v) is 4.83. The van der Waals surface area contributed by atoms with E-state index in [1.165, 1.54) is 0 Å². The molecule has 0 rings (SSSR count). The van der Waals surface area contributed by atoms with E-state index in [0.717, 1.165) is 6.42 Å². The molecule has 0 aliphatic heterocycles. The van der Waals surface area contributed by atoms with Crippen LogP contribution >= 0.6 is 0 Å². The SMILES string of the molecule is CC#CC(C)CC(C)NC(C)(C)C. The minimum atomic E-state index is 0.207. The summed E-state index contributed by atoms with van der Waals surface area (Å²) in [7, 11) is 0. The van der Waals surface area contributed by atoms with Crippen LogP contribution in [0.2, 0.25) is 0 Å². The lowest BCUT2D eigenvalue weighted by atomic mass is 10.0. The van der Waals surface area contributed by atoms with Crippen LogP contribution in [0.5, 0.6) is 0 Å². The maximum atomic E-state index is 3.54. The van der Waals surface area contributed by atoms with E-state index in [1.54, 1.807) is 0 Å². The zero-order chi connectivity index (χ0) is 10.5. The minimum Gasteiger partial charge on any atom is -0.310 e. The third kappa shape index (κ3) is 7.87. The molecule has 0 spiro atoms. The molecule has 0 saturated heterocycles. The first-order valence-electron chi connectivity index (χ1n) is 5.05. The molecule has 1 heteroatoms. The first-order chi connectivity index (χ1) is 5.85. The van der Waals surface area contributed by atoms with Crippen LogP contribution in [0.3, 0.4) is 0 Å². The monoisotopic (exact) mass is 181 g/mol. The van der Waals surface area contributed by atoms with Gasteiger partial charge in [0.25, 0.3) is 0 Å². The fourth-order valence-electron chi connectivity index (χ4n) is 1.63. The van der Waals surface area contributed by atoms with Crippen molar-refractivity contribution in [3.8, 4) is 11.8 Å². The van der Waals surface area contributed by atoms with Crippen molar-refractivity contribution in [3.05, 3.63) is 0 Å². The van der Waals surface area contributed by atoms with Gasteiger partial charge in [0.15, 0.2) is 0 Å². The summed E-state index contributed by atoms with van der Waals surface area (Å²) in [6, 6.07) is 0.538. The van der Waals surface area contributed by atoms with Gasteiger partial charge < -0.3 is 5.32 Å². The van der Waals surface area contributed by atoms with Gasteiger partial charge in [-0.1, -0.05) is 6.92 Å². The molecule has 0 aromatic rings. The minimum absolute atomic E-state index is 0.207. The summed E-state index contributed by atoms with van der Waals surface area (Å²) in [5.41, 5.74) is 0.207. The predicted molar refractivity (Wildman–Crippen MR) is 59.6 cm³/mol. The first-order valence-corrected chi connectivity index (χ1v) is 5.05. The Labute approximate surface area is 83.3 Å². The molecule has 0 aromatic carbocycles. The fourth-order valence-corrected chi connectivity index (χ4v) is 1.63. The van der Waals surface area contributed by atoms with E-state index in [0.29, 0.717) is 12.0 Å². The highest BCUT2D eigenvalue weighted by Gasteiger charge is 2.14. The van der Waals surface area contributed by atoms with Crippen LogP contribution in [0.1, 0.15) is 48.0 Å². The van der Waals surface area contributed by atoms with Crippen molar-refractivity contribution < 1.29 is 0 Å². The van der Waals surface area contributed by atoms with Crippen molar-refractivity contribution >= 4 is 0 Å². The van der Waals surface area contributed by atoms with E-state index in [4.69, 9.17) is 0 Å². The molecule has 0 saturated carbocycles. The Morgan fingerprint density at radius 3 is 2.15 bits per heavy atom. The second-order valence-electron chi connectivity index (χ2n) is 4.83. The van der Waals surface area contributed by atoms with Crippen molar-refractivity contribution in [2.75, 3.05) is 0 Å². The van der Waals surface area contributed by atoms with Crippen molar-refractivity contribution in [3.63, 3.8) is 0 Å². The molecule has 2 atom stereocenters. The molecule has 0 amide bonds. The standard InChI is InChI=1S/C12H23N/c1-7-8-10(2)9-11(3)13-12(4,5)6/h10-11,13H,9H2,1-6H3. The maximum absolute atomic E-state index is 3.54. The van der Waals surface area contributed by atoms with Gasteiger partial charge in [-0.15, -0.1) is 11.8 Å². The van der Waals surface area contributed by atoms with E-state index < -0.39 is 0 Å². The molecule has 13 heavy (non-hydrogen) atoms. The van der Waals surface area contributed by atoms with E-state index in [-0.39, 0.29) is 5.54 Å². The van der Waals surface area contributed by atoms with Gasteiger partial charge in [0.05, 0.1) is 0 Å². The number of hydrogen-bond donors (Lipinski definition) is 1. The maximum Gasteiger partial charge on any atom is 0.0189 e.